The molecule has 4 aliphatic rings. The Morgan fingerprint density at radius 1 is 0.478 bits per heavy atom. The molecule has 0 atom stereocenters. The van der Waals surface area contributed by atoms with Crippen LogP contribution in [0.3, 0.4) is 0 Å². The van der Waals surface area contributed by atoms with E-state index in [1.807, 2.05) is 59.6 Å². The fraction of sp³-hybridized carbons (Fsp3) is 0.476. The Hall–Kier alpha value is -9.44. The van der Waals surface area contributed by atoms with Crippen LogP contribution in [0.15, 0.2) is 140 Å². The molecule has 13 rings (SSSR count). The van der Waals surface area contributed by atoms with E-state index < -0.39 is 60.1 Å². The SMILES string of the molecule is Cc1nn(-c2ccc(C(N)=O)c(NCCCOCCOCCOCCOCCOCCCN(Cc3ccc[c]([Sn]([CH3])([CH3])[CH3])c3)C(=S)Nc3ccc4c(c3)C(=O)OC43c4ccc(O)cc4Oc4cc(O)ccc43)c2)c2c1C(=O)CC(C)(C)C2.Cc1nn(-c2ccc(C(N)=O)c(NCCCOCCOCCOCCOCCOCCCNCc3ccc[c]([Sn]([CH3])([CH3])[CH3])c3)c2)c2c1C(=O)CC(C)(C)C2. The van der Waals surface area contributed by atoms with Gasteiger partial charge in [0.1, 0.15) is 23.0 Å². The van der Waals surface area contributed by atoms with Crippen molar-refractivity contribution in [2.24, 2.45) is 22.3 Å². The van der Waals surface area contributed by atoms with Crippen molar-refractivity contribution in [1.29, 1.82) is 0 Å². The first kappa shape index (κ1) is 105. The number of aromatic hydroxyl groups is 2. The summed E-state index contributed by atoms with van der Waals surface area (Å²) in [6.07, 6.45) is 5.53. The maximum atomic E-state index is 13.8. The van der Waals surface area contributed by atoms with Crippen LogP contribution in [0.2, 0.25) is 29.6 Å². The van der Waals surface area contributed by atoms with Gasteiger partial charge in [-0.05, 0) is 111 Å². The van der Waals surface area contributed by atoms with E-state index in [0.29, 0.717) is 268 Å². The molecule has 4 heterocycles. The zero-order valence-corrected chi connectivity index (χ0v) is 87.5. The predicted molar refractivity (Wildman–Crippen MR) is 535 cm³/mol. The number of thiocarbonyl (C=S) groups is 1. The molecule has 136 heavy (non-hydrogen) atoms. The van der Waals surface area contributed by atoms with Crippen molar-refractivity contribution in [1.82, 2.24) is 29.8 Å². The van der Waals surface area contributed by atoms with Gasteiger partial charge in [0.05, 0.1) is 136 Å². The minimum absolute atomic E-state index is 0.0139. The number of ether oxygens (including phenoxy) is 12. The fourth-order valence-corrected chi connectivity index (χ4v) is 24.4. The van der Waals surface area contributed by atoms with Crippen LogP contribution in [0, 0.1) is 24.7 Å². The smallest absolute Gasteiger partial charge is 0.167 e. The number of primary amides is 2. The average Bonchev–Trinajstić information content (AvgIpc) is 1.59. The number of carbonyl (C=O) groups excluding carboxylic acids is 5. The van der Waals surface area contributed by atoms with Crippen LogP contribution >= 0.6 is 12.2 Å². The summed E-state index contributed by atoms with van der Waals surface area (Å²) in [4.78, 5) is 80.8. The van der Waals surface area contributed by atoms with Gasteiger partial charge >= 0.3 is 320 Å². The number of phenols is 2. The molecule has 2 aliphatic carbocycles. The van der Waals surface area contributed by atoms with Gasteiger partial charge < -0.3 is 65.5 Å². The zero-order chi connectivity index (χ0) is 97.2. The molecule has 33 heteroatoms. The number of aromatic nitrogens is 4. The van der Waals surface area contributed by atoms with Gasteiger partial charge in [-0.15, -0.1) is 0 Å². The maximum absolute atomic E-state index is 13.8. The van der Waals surface area contributed by atoms with Gasteiger partial charge in [-0.25, -0.2) is 9.36 Å². The van der Waals surface area contributed by atoms with Crippen molar-refractivity contribution in [3.8, 4) is 34.4 Å². The van der Waals surface area contributed by atoms with Crippen molar-refractivity contribution in [3.05, 3.63) is 218 Å². The Morgan fingerprint density at radius 2 is 0.875 bits per heavy atom. The topological polar surface area (TPSA) is 376 Å². The van der Waals surface area contributed by atoms with Crippen LogP contribution in [0.5, 0.6) is 23.0 Å². The van der Waals surface area contributed by atoms with Crippen LogP contribution in [0.1, 0.15) is 169 Å². The van der Waals surface area contributed by atoms with Crippen LogP contribution in [0.25, 0.3) is 11.4 Å². The van der Waals surface area contributed by atoms with E-state index in [2.05, 4.69) is 132 Å². The summed E-state index contributed by atoms with van der Waals surface area (Å²) in [6, 6.07) is 43.4. The molecular weight excluding hydrogens is 1960 g/mol. The van der Waals surface area contributed by atoms with Crippen LogP contribution < -0.4 is 44.6 Å². The molecule has 9 aromatic rings. The molecule has 10 N–H and O–H groups in total. The molecule has 0 saturated carbocycles. The monoisotopic (exact) mass is 2100 g/mol. The number of amides is 2. The number of hydrogen-bond acceptors (Lipinski definition) is 25. The Morgan fingerprint density at radius 3 is 1.30 bits per heavy atom. The zero-order valence-electron chi connectivity index (χ0n) is 81.0. The number of ketones is 2. The van der Waals surface area contributed by atoms with E-state index in [4.69, 9.17) is 90.7 Å². The van der Waals surface area contributed by atoms with Gasteiger partial charge in [-0.3, -0.25) is 19.2 Å². The van der Waals surface area contributed by atoms with Crippen LogP contribution in [0.4, 0.5) is 17.1 Å². The summed E-state index contributed by atoms with van der Waals surface area (Å²) in [5, 5.41) is 44.1. The second-order valence-corrected chi connectivity index (χ2v) is 67.7. The molecule has 7 aromatic carbocycles. The third-order valence-corrected chi connectivity index (χ3v) is 36.0. The van der Waals surface area contributed by atoms with Gasteiger partial charge in [0, 0.05) is 73.8 Å². The Bertz CT molecular complexity index is 5540. The molecule has 30 nitrogen and oxygen atoms in total. The van der Waals surface area contributed by atoms with E-state index in [1.165, 1.54) is 33.4 Å². The summed E-state index contributed by atoms with van der Waals surface area (Å²) < 4.78 is 76.0. The molecule has 0 fully saturated rings. The minimum Gasteiger partial charge on any atom is -0.294 e. The van der Waals surface area contributed by atoms with Crippen molar-refractivity contribution >= 4 is 108 Å². The summed E-state index contributed by atoms with van der Waals surface area (Å²) >= 11 is 1.69. The fourth-order valence-electron chi connectivity index (χ4n) is 17.1. The number of aryl methyl sites for hydroxylation is 2. The molecule has 732 valence electrons. The van der Waals surface area contributed by atoms with E-state index in [1.54, 1.807) is 33.9 Å². The quantitative estimate of drug-likeness (QED) is 0.00759. The number of carbonyl (C=O) groups is 5. The van der Waals surface area contributed by atoms with Gasteiger partial charge in [0.2, 0.25) is 0 Å². The number of fused-ring (bicyclic) bond motifs is 8. The van der Waals surface area contributed by atoms with Gasteiger partial charge in [0.15, 0.2) is 11.6 Å². The number of anilines is 3. The summed E-state index contributed by atoms with van der Waals surface area (Å²) in [7, 11) is 0. The number of phenolic OH excluding ortho intramolecular Hbond substituents is 2. The Balaban J connectivity index is 0.000000267. The van der Waals surface area contributed by atoms with Crippen LogP contribution in [-0.2, 0) is 83.6 Å². The van der Waals surface area contributed by atoms with E-state index in [0.717, 1.165) is 72.8 Å². The molecule has 0 bridgehead atoms. The molecule has 0 radical (unpaired) electrons. The second-order valence-electron chi connectivity index (χ2n) is 38.3. The van der Waals surface area contributed by atoms with Gasteiger partial charge in [-0.1, -0.05) is 27.7 Å². The number of Topliss-reactive ketones (excluding diaryl/α,β-unsaturated/α-hetero) is 2. The first-order chi connectivity index (χ1) is 65.2. The maximum Gasteiger partial charge on any atom is 0.167 e. The molecule has 0 saturated heterocycles. The standard InChI is InChI=1S/C59H65N6O12S.C38H54N5O7.6CH3.2Sn/c1-38-54-50(35-58(2,3)36-51(54)68)65(63-38)41-12-15-44(55(60)69)49(32-41)61-19-7-21-71-23-25-73-27-29-75-30-28-74-26-24-72-22-8-20-64(37-39-9-5-4-6-10-39)57(78)62-40-11-16-46-45(31-40)56(70)77-59(46)47-17-13-42(66)33-52(47)76-53-34-43(67)14-18-48(53)59;1-29-36-34(26-38(2,3)27-35(36)44)43(42-29)31-11-12-32(37(39)45)33(25-31)41-14-8-16-47-18-20-49-22-24-50-23-21-48-19-17-46-15-7-13-40-28-30-9-5-4-6-10-30;;;;;;;;/h4-5,9-18,31-34,61,66-67H,7-8,19-30,35-37H2,1-3H3,(H2,60,69)(H,62,78);4-5,9-12,25,40-41H,7-8,13-24,26-28H2,1-3H3,(H2,39,45);6*1H3;;. The van der Waals surface area contributed by atoms with Crippen molar-refractivity contribution in [2.75, 3.05) is 174 Å². The summed E-state index contributed by atoms with van der Waals surface area (Å²) in [6.45, 7) is 26.0. The van der Waals surface area contributed by atoms with Crippen molar-refractivity contribution < 1.29 is 91.0 Å². The number of nitrogens with zero attached hydrogens (tertiary/aromatic N) is 5. The minimum atomic E-state index is -2.38. The third-order valence-electron chi connectivity index (χ3n) is 24.0. The second kappa shape index (κ2) is 49.9. The van der Waals surface area contributed by atoms with Crippen molar-refractivity contribution in [3.63, 3.8) is 0 Å². The summed E-state index contributed by atoms with van der Waals surface area (Å²) in [5.41, 5.74) is 23.0. The van der Waals surface area contributed by atoms with Gasteiger partial charge in [-0.2, -0.15) is 10.2 Å². The molecule has 2 aromatic heterocycles. The number of esters is 1. The molecule has 1 spiro atoms. The number of benzene rings is 7. The first-order valence-corrected chi connectivity index (χ1v) is 67.6. The number of hydrogen-bond donors (Lipinski definition) is 8. The first-order valence-electron chi connectivity index (χ1n) is 47.2. The molecular formula is C103H137N11O19SSn2. The molecule has 2 amide bonds. The largest absolute Gasteiger partial charge is 0.294 e. The summed E-state index contributed by atoms with van der Waals surface area (Å²) in [5.74, 6) is -0.754. The van der Waals surface area contributed by atoms with Gasteiger partial charge in [0.25, 0.3) is 11.8 Å². The van der Waals surface area contributed by atoms with Crippen molar-refractivity contribution in [2.45, 2.75) is 141 Å². The molecule has 0 unspecified atom stereocenters. The predicted octanol–water partition coefficient (Wildman–Crippen LogP) is 14.2. The Kier molecular flexibility index (Phi) is 38.7. The number of rotatable bonds is 53. The molecule has 2 aliphatic heterocycles. The normalized spacial score (nSPS) is 14.3. The number of nitrogens with two attached hydrogens (primary N) is 2. The third kappa shape index (κ3) is 29.3. The average molecular weight is 2100 g/mol. The Labute approximate surface area is 812 Å². The van der Waals surface area contributed by atoms with E-state index in [-0.39, 0.29) is 33.9 Å². The number of nitrogens with one attached hydrogen (secondary N) is 4. The van der Waals surface area contributed by atoms with Crippen LogP contribution in [-0.4, -0.2) is 264 Å². The van der Waals surface area contributed by atoms with E-state index in [9.17, 15) is 34.2 Å². The van der Waals surface area contributed by atoms with E-state index >= 15 is 0 Å².